The molecule has 0 unspecified atom stereocenters. The predicted octanol–water partition coefficient (Wildman–Crippen LogP) is 4.33. The molecule has 0 saturated carbocycles. The highest BCUT2D eigenvalue weighted by atomic mass is 32.1. The van der Waals surface area contributed by atoms with Gasteiger partial charge in [0.25, 0.3) is 5.91 Å². The Kier molecular flexibility index (Phi) is 5.38. The van der Waals surface area contributed by atoms with Crippen molar-refractivity contribution in [2.75, 3.05) is 5.32 Å². The van der Waals surface area contributed by atoms with Gasteiger partial charge in [-0.25, -0.2) is 18.6 Å². The average Bonchev–Trinajstić information content (AvgIpc) is 3.28. The number of amides is 1. The van der Waals surface area contributed by atoms with Crippen LogP contribution in [0.4, 0.5) is 14.5 Å². The molecule has 2 aromatic heterocycles. The molecule has 0 fully saturated rings. The van der Waals surface area contributed by atoms with Crippen molar-refractivity contribution in [1.29, 1.82) is 0 Å². The van der Waals surface area contributed by atoms with Crippen LogP contribution in [-0.4, -0.2) is 23.0 Å². The summed E-state index contributed by atoms with van der Waals surface area (Å²) in [5.74, 6) is -3.05. The first-order chi connectivity index (χ1) is 12.4. The summed E-state index contributed by atoms with van der Waals surface area (Å²) in [4.78, 5) is 29.3. The first-order valence-electron chi connectivity index (χ1n) is 7.40. The number of halogens is 2. The molecular formula is C17H12F2N2O3S2. The maximum atomic E-state index is 13.6. The maximum Gasteiger partial charge on any atom is 0.358 e. The van der Waals surface area contributed by atoms with Crippen molar-refractivity contribution in [1.82, 2.24) is 4.98 Å². The van der Waals surface area contributed by atoms with Crippen LogP contribution in [0.25, 0.3) is 9.88 Å². The number of ether oxygens (including phenoxy) is 1. The molecule has 0 aliphatic rings. The van der Waals surface area contributed by atoms with Crippen LogP contribution in [0.2, 0.25) is 0 Å². The second-order valence-corrected chi connectivity index (χ2v) is 6.98. The number of thiazole rings is 1. The van der Waals surface area contributed by atoms with E-state index in [1.807, 2.05) is 17.5 Å². The summed E-state index contributed by atoms with van der Waals surface area (Å²) in [5.41, 5.74) is -0.249. The van der Waals surface area contributed by atoms with Gasteiger partial charge < -0.3 is 10.1 Å². The molecule has 0 bridgehead atoms. The normalized spacial score (nSPS) is 11.8. The van der Waals surface area contributed by atoms with Crippen molar-refractivity contribution in [3.63, 3.8) is 0 Å². The van der Waals surface area contributed by atoms with Crippen LogP contribution in [0.15, 0.2) is 41.1 Å². The van der Waals surface area contributed by atoms with Crippen LogP contribution in [0.1, 0.15) is 17.4 Å². The minimum Gasteiger partial charge on any atom is -0.448 e. The number of aromatic nitrogens is 1. The zero-order valence-electron chi connectivity index (χ0n) is 13.4. The molecule has 0 saturated heterocycles. The topological polar surface area (TPSA) is 68.3 Å². The fourth-order valence-corrected chi connectivity index (χ4v) is 3.59. The predicted molar refractivity (Wildman–Crippen MR) is 95.3 cm³/mol. The van der Waals surface area contributed by atoms with Gasteiger partial charge in [0.15, 0.2) is 11.8 Å². The van der Waals surface area contributed by atoms with Crippen molar-refractivity contribution in [2.45, 2.75) is 13.0 Å². The molecule has 134 valence electrons. The highest BCUT2D eigenvalue weighted by Crippen LogP contribution is 2.28. The molecule has 1 atom stereocenters. The van der Waals surface area contributed by atoms with E-state index < -0.39 is 29.6 Å². The minimum atomic E-state index is -1.21. The smallest absolute Gasteiger partial charge is 0.358 e. The largest absolute Gasteiger partial charge is 0.448 e. The number of thiophene rings is 1. The molecular weight excluding hydrogens is 382 g/mol. The van der Waals surface area contributed by atoms with Crippen LogP contribution < -0.4 is 5.32 Å². The van der Waals surface area contributed by atoms with Crippen LogP contribution in [0, 0.1) is 11.6 Å². The van der Waals surface area contributed by atoms with E-state index in [0.717, 1.165) is 23.1 Å². The van der Waals surface area contributed by atoms with Crippen molar-refractivity contribution in [2.24, 2.45) is 0 Å². The van der Waals surface area contributed by atoms with Gasteiger partial charge in [0.2, 0.25) is 0 Å². The fraction of sp³-hybridized carbons (Fsp3) is 0.118. The number of esters is 1. The van der Waals surface area contributed by atoms with Gasteiger partial charge in [-0.05, 0) is 30.5 Å². The lowest BCUT2D eigenvalue weighted by molar-refractivity contribution is -0.123. The van der Waals surface area contributed by atoms with E-state index in [1.165, 1.54) is 35.0 Å². The summed E-state index contributed by atoms with van der Waals surface area (Å²) in [5, 5.41) is 6.29. The Morgan fingerprint density at radius 2 is 2.04 bits per heavy atom. The quantitative estimate of drug-likeness (QED) is 0.654. The van der Waals surface area contributed by atoms with Crippen molar-refractivity contribution < 1.29 is 23.1 Å². The van der Waals surface area contributed by atoms with Crippen LogP contribution >= 0.6 is 22.7 Å². The summed E-state index contributed by atoms with van der Waals surface area (Å²) >= 11 is 2.77. The molecule has 2 heterocycles. The first kappa shape index (κ1) is 18.2. The van der Waals surface area contributed by atoms with Crippen LogP contribution in [-0.2, 0) is 9.53 Å². The number of benzene rings is 1. The molecule has 3 rings (SSSR count). The van der Waals surface area contributed by atoms with E-state index in [9.17, 15) is 18.4 Å². The molecule has 0 spiro atoms. The molecule has 26 heavy (non-hydrogen) atoms. The van der Waals surface area contributed by atoms with Crippen molar-refractivity contribution >= 4 is 40.2 Å². The standard InChI is InChI=1S/C17H12F2N2O3S2/c1-9(15(22)20-12-7-10(18)4-5-11(12)19)24-17(23)13-8-26-16(21-13)14-3-2-6-25-14/h2-9H,1H3,(H,20,22)/t9-/m0/s1. The third kappa shape index (κ3) is 4.12. The van der Waals surface area contributed by atoms with E-state index >= 15 is 0 Å². The lowest BCUT2D eigenvalue weighted by atomic mass is 10.2. The highest BCUT2D eigenvalue weighted by Gasteiger charge is 2.22. The number of nitrogens with one attached hydrogen (secondary N) is 1. The Hall–Kier alpha value is -2.65. The molecule has 9 heteroatoms. The first-order valence-corrected chi connectivity index (χ1v) is 9.16. The second kappa shape index (κ2) is 7.71. The van der Waals surface area contributed by atoms with Gasteiger partial charge in [0.1, 0.15) is 16.6 Å². The molecule has 1 aromatic carbocycles. The number of rotatable bonds is 5. The average molecular weight is 394 g/mol. The lowest BCUT2D eigenvalue weighted by Gasteiger charge is -2.13. The summed E-state index contributed by atoms with van der Waals surface area (Å²) in [6.07, 6.45) is -1.21. The SMILES string of the molecule is C[C@H](OC(=O)c1csc(-c2cccs2)n1)C(=O)Nc1cc(F)ccc1F. The van der Waals surface area contributed by atoms with Crippen molar-refractivity contribution in [3.8, 4) is 9.88 Å². The molecule has 0 radical (unpaired) electrons. The Labute approximate surface area is 155 Å². The van der Waals surface area contributed by atoms with E-state index in [-0.39, 0.29) is 11.4 Å². The summed E-state index contributed by atoms with van der Waals surface area (Å²) < 4.78 is 31.8. The van der Waals surface area contributed by atoms with Crippen molar-refractivity contribution in [3.05, 3.63) is 58.4 Å². The number of carbonyl (C=O) groups excluding carboxylic acids is 2. The Balaban J connectivity index is 1.63. The Morgan fingerprint density at radius 1 is 1.23 bits per heavy atom. The molecule has 5 nitrogen and oxygen atoms in total. The van der Waals surface area contributed by atoms with Gasteiger partial charge in [-0.15, -0.1) is 22.7 Å². The summed E-state index contributed by atoms with van der Waals surface area (Å²) in [7, 11) is 0. The molecule has 3 aromatic rings. The van der Waals surface area contributed by atoms with E-state index in [1.54, 1.807) is 0 Å². The van der Waals surface area contributed by atoms with Gasteiger partial charge >= 0.3 is 5.97 Å². The van der Waals surface area contributed by atoms with Gasteiger partial charge in [0, 0.05) is 11.4 Å². The number of anilines is 1. The van der Waals surface area contributed by atoms with Gasteiger partial charge in [0.05, 0.1) is 10.6 Å². The zero-order valence-corrected chi connectivity index (χ0v) is 15.0. The van der Waals surface area contributed by atoms with Crippen LogP contribution in [0.5, 0.6) is 0 Å². The molecule has 0 aliphatic heterocycles. The zero-order chi connectivity index (χ0) is 18.7. The number of carbonyl (C=O) groups is 2. The third-order valence-electron chi connectivity index (χ3n) is 3.28. The highest BCUT2D eigenvalue weighted by molar-refractivity contribution is 7.20. The summed E-state index contributed by atoms with van der Waals surface area (Å²) in [6, 6.07) is 6.42. The maximum absolute atomic E-state index is 13.6. The number of nitrogens with zero attached hydrogens (tertiary/aromatic N) is 1. The van der Waals surface area contributed by atoms with E-state index in [0.29, 0.717) is 5.01 Å². The lowest BCUT2D eigenvalue weighted by Crippen LogP contribution is -2.30. The number of hydrogen-bond donors (Lipinski definition) is 1. The molecule has 1 amide bonds. The fourth-order valence-electron chi connectivity index (χ4n) is 1.98. The summed E-state index contributed by atoms with van der Waals surface area (Å²) in [6.45, 7) is 1.33. The van der Waals surface area contributed by atoms with Gasteiger partial charge in [-0.3, -0.25) is 4.79 Å². The molecule has 1 N–H and O–H groups in total. The minimum absolute atomic E-state index is 0.0787. The number of hydrogen-bond acceptors (Lipinski definition) is 6. The van der Waals surface area contributed by atoms with E-state index in [2.05, 4.69) is 10.3 Å². The Morgan fingerprint density at radius 3 is 2.77 bits per heavy atom. The Bertz CT molecular complexity index is 941. The van der Waals surface area contributed by atoms with Gasteiger partial charge in [-0.1, -0.05) is 6.07 Å². The van der Waals surface area contributed by atoms with Crippen LogP contribution in [0.3, 0.4) is 0 Å². The third-order valence-corrected chi connectivity index (χ3v) is 5.17. The second-order valence-electron chi connectivity index (χ2n) is 5.18. The monoisotopic (exact) mass is 394 g/mol. The van der Waals surface area contributed by atoms with Gasteiger partial charge in [-0.2, -0.15) is 0 Å². The van der Waals surface area contributed by atoms with E-state index in [4.69, 9.17) is 4.74 Å². The molecule has 0 aliphatic carbocycles.